The van der Waals surface area contributed by atoms with Crippen molar-refractivity contribution in [2.24, 2.45) is 0 Å². The summed E-state index contributed by atoms with van der Waals surface area (Å²) in [5.74, 6) is -0.0402. The number of carbonyl (C=O) groups is 1. The Hall–Kier alpha value is -2.13. The van der Waals surface area contributed by atoms with E-state index in [2.05, 4.69) is 10.0 Å². The van der Waals surface area contributed by atoms with Gasteiger partial charge in [-0.1, -0.05) is 11.6 Å². The molecule has 0 spiro atoms. The summed E-state index contributed by atoms with van der Waals surface area (Å²) in [5.41, 5.74) is 0.635. The number of ether oxygens (including phenoxy) is 2. The lowest BCUT2D eigenvalue weighted by atomic mass is 10.2. The smallest absolute Gasteiger partial charge is 0.255 e. The molecular formula is C19H23ClN2O5S. The molecule has 0 aliphatic heterocycles. The normalized spacial score (nSPS) is 12.4. The molecule has 152 valence electrons. The third-order valence-electron chi connectivity index (χ3n) is 3.69. The minimum atomic E-state index is -3.80. The maximum absolute atomic E-state index is 12.6. The predicted octanol–water partition coefficient (Wildman–Crippen LogP) is 3.30. The van der Waals surface area contributed by atoms with Crippen LogP contribution in [0.25, 0.3) is 0 Å². The number of amides is 1. The largest absolute Gasteiger partial charge is 0.492 e. The predicted molar refractivity (Wildman–Crippen MR) is 109 cm³/mol. The van der Waals surface area contributed by atoms with Crippen LogP contribution in [-0.2, 0) is 14.8 Å². The number of nitrogens with one attached hydrogen (secondary N) is 2. The van der Waals surface area contributed by atoms with E-state index in [4.69, 9.17) is 21.1 Å². The van der Waals surface area contributed by atoms with E-state index in [0.29, 0.717) is 22.9 Å². The second-order valence-electron chi connectivity index (χ2n) is 6.03. The van der Waals surface area contributed by atoms with Crippen LogP contribution in [0.15, 0.2) is 47.4 Å². The highest BCUT2D eigenvalue weighted by Gasteiger charge is 2.20. The molecule has 0 bridgehead atoms. The highest BCUT2D eigenvalue weighted by molar-refractivity contribution is 7.89. The van der Waals surface area contributed by atoms with Crippen molar-refractivity contribution in [3.05, 3.63) is 53.1 Å². The number of hydrogen-bond acceptors (Lipinski definition) is 5. The van der Waals surface area contributed by atoms with Gasteiger partial charge in [0.25, 0.3) is 5.91 Å². The summed E-state index contributed by atoms with van der Waals surface area (Å²) in [6.45, 7) is 4.08. The van der Waals surface area contributed by atoms with E-state index in [1.165, 1.54) is 25.3 Å². The van der Waals surface area contributed by atoms with E-state index in [0.717, 1.165) is 0 Å². The SMILES string of the molecule is CCOc1ccc(S(=O)(=O)N[C@@H](C)COC)cc1NC(=O)c1ccc(Cl)cc1. The molecule has 2 N–H and O–H groups in total. The molecule has 2 aromatic carbocycles. The summed E-state index contributed by atoms with van der Waals surface area (Å²) in [6.07, 6.45) is 0. The van der Waals surface area contributed by atoms with Crippen LogP contribution in [0.5, 0.6) is 5.75 Å². The van der Waals surface area contributed by atoms with Crippen molar-refractivity contribution in [2.75, 3.05) is 25.6 Å². The van der Waals surface area contributed by atoms with Gasteiger partial charge in [0.1, 0.15) is 5.75 Å². The average molecular weight is 427 g/mol. The molecule has 0 aliphatic rings. The molecule has 0 heterocycles. The molecule has 9 heteroatoms. The summed E-state index contributed by atoms with van der Waals surface area (Å²) < 4.78 is 38.2. The van der Waals surface area contributed by atoms with Gasteiger partial charge in [0.15, 0.2) is 0 Å². The van der Waals surface area contributed by atoms with Gasteiger partial charge in [-0.15, -0.1) is 0 Å². The maximum Gasteiger partial charge on any atom is 0.255 e. The van der Waals surface area contributed by atoms with Gasteiger partial charge < -0.3 is 14.8 Å². The molecule has 1 amide bonds. The van der Waals surface area contributed by atoms with Crippen molar-refractivity contribution >= 4 is 33.2 Å². The minimum absolute atomic E-state index is 0.00492. The summed E-state index contributed by atoms with van der Waals surface area (Å²) in [7, 11) is -2.30. The molecular weight excluding hydrogens is 404 g/mol. The van der Waals surface area contributed by atoms with Gasteiger partial charge in [0, 0.05) is 23.7 Å². The molecule has 0 unspecified atom stereocenters. The summed E-state index contributed by atoms with van der Waals surface area (Å²) in [5, 5.41) is 3.21. The van der Waals surface area contributed by atoms with E-state index in [9.17, 15) is 13.2 Å². The fraction of sp³-hybridized carbons (Fsp3) is 0.316. The van der Waals surface area contributed by atoms with Crippen LogP contribution in [0.1, 0.15) is 24.2 Å². The standard InChI is InChI=1S/C19H23ClN2O5S/c1-4-27-18-10-9-16(28(24,25)22-13(2)12-26-3)11-17(18)21-19(23)14-5-7-15(20)8-6-14/h5-11,13,22H,4,12H2,1-3H3,(H,21,23)/t13-/m0/s1. The van der Waals surface area contributed by atoms with E-state index < -0.39 is 22.0 Å². The molecule has 0 radical (unpaired) electrons. The van der Waals surface area contributed by atoms with Gasteiger partial charge in [0.05, 0.1) is 23.8 Å². The molecule has 28 heavy (non-hydrogen) atoms. The fourth-order valence-electron chi connectivity index (χ4n) is 2.47. The molecule has 0 aromatic heterocycles. The molecule has 2 rings (SSSR count). The van der Waals surface area contributed by atoms with Gasteiger partial charge in [-0.2, -0.15) is 0 Å². The number of rotatable bonds is 9. The minimum Gasteiger partial charge on any atom is -0.492 e. The molecule has 0 saturated heterocycles. The number of hydrogen-bond donors (Lipinski definition) is 2. The highest BCUT2D eigenvalue weighted by Crippen LogP contribution is 2.28. The zero-order chi connectivity index (χ0) is 20.7. The topological polar surface area (TPSA) is 93.7 Å². The number of sulfonamides is 1. The Balaban J connectivity index is 2.32. The van der Waals surface area contributed by atoms with Gasteiger partial charge >= 0.3 is 0 Å². The second-order valence-corrected chi connectivity index (χ2v) is 8.18. The lowest BCUT2D eigenvalue weighted by molar-refractivity contribution is 0.102. The van der Waals surface area contributed by atoms with E-state index in [1.54, 1.807) is 38.1 Å². The summed E-state index contributed by atoms with van der Waals surface area (Å²) in [4.78, 5) is 12.5. The Bertz CT molecular complexity index is 916. The summed E-state index contributed by atoms with van der Waals surface area (Å²) in [6, 6.07) is 10.2. The lowest BCUT2D eigenvalue weighted by Crippen LogP contribution is -2.35. The Labute approximate surface area is 170 Å². The first kappa shape index (κ1) is 22.2. The number of halogens is 1. The Morgan fingerprint density at radius 3 is 2.46 bits per heavy atom. The quantitative estimate of drug-likeness (QED) is 0.641. The molecule has 2 aromatic rings. The van der Waals surface area contributed by atoms with Crippen LogP contribution < -0.4 is 14.8 Å². The average Bonchev–Trinajstić information content (AvgIpc) is 2.63. The van der Waals surface area contributed by atoms with Crippen molar-refractivity contribution < 1.29 is 22.7 Å². The zero-order valence-corrected chi connectivity index (χ0v) is 17.4. The van der Waals surface area contributed by atoms with Crippen LogP contribution in [0, 0.1) is 0 Å². The fourth-order valence-corrected chi connectivity index (χ4v) is 3.85. The van der Waals surface area contributed by atoms with Gasteiger partial charge in [-0.05, 0) is 56.3 Å². The molecule has 1 atom stereocenters. The van der Waals surface area contributed by atoms with Crippen LogP contribution in [-0.4, -0.2) is 40.7 Å². The molecule has 0 saturated carbocycles. The highest BCUT2D eigenvalue weighted by atomic mass is 35.5. The van der Waals surface area contributed by atoms with Crippen LogP contribution in [0.2, 0.25) is 5.02 Å². The van der Waals surface area contributed by atoms with Gasteiger partial charge in [-0.3, -0.25) is 4.79 Å². The molecule has 7 nitrogen and oxygen atoms in total. The number of benzene rings is 2. The maximum atomic E-state index is 12.6. The molecule has 0 fully saturated rings. The van der Waals surface area contributed by atoms with Crippen molar-refractivity contribution in [1.82, 2.24) is 4.72 Å². The first-order valence-corrected chi connectivity index (χ1v) is 10.5. The zero-order valence-electron chi connectivity index (χ0n) is 15.9. The Kier molecular flexibility index (Phi) is 7.82. The lowest BCUT2D eigenvalue weighted by Gasteiger charge is -2.16. The Morgan fingerprint density at radius 2 is 1.86 bits per heavy atom. The third kappa shape index (κ3) is 5.93. The number of anilines is 1. The Morgan fingerprint density at radius 1 is 1.18 bits per heavy atom. The van der Waals surface area contributed by atoms with Crippen LogP contribution in [0.3, 0.4) is 0 Å². The van der Waals surface area contributed by atoms with Crippen molar-refractivity contribution in [3.8, 4) is 5.75 Å². The number of methoxy groups -OCH3 is 1. The third-order valence-corrected chi connectivity index (χ3v) is 5.53. The van der Waals surface area contributed by atoms with Crippen LogP contribution >= 0.6 is 11.6 Å². The van der Waals surface area contributed by atoms with Gasteiger partial charge in [-0.25, -0.2) is 13.1 Å². The van der Waals surface area contributed by atoms with Crippen LogP contribution in [0.4, 0.5) is 5.69 Å². The first-order valence-electron chi connectivity index (χ1n) is 8.62. The first-order chi connectivity index (χ1) is 13.3. The van der Waals surface area contributed by atoms with E-state index in [-0.39, 0.29) is 17.2 Å². The van der Waals surface area contributed by atoms with Gasteiger partial charge in [0.2, 0.25) is 10.0 Å². The number of carbonyl (C=O) groups excluding carboxylic acids is 1. The van der Waals surface area contributed by atoms with E-state index in [1.807, 2.05) is 0 Å². The monoisotopic (exact) mass is 426 g/mol. The summed E-state index contributed by atoms with van der Waals surface area (Å²) >= 11 is 5.84. The van der Waals surface area contributed by atoms with Crippen molar-refractivity contribution in [2.45, 2.75) is 24.8 Å². The van der Waals surface area contributed by atoms with Crippen molar-refractivity contribution in [1.29, 1.82) is 0 Å². The molecule has 0 aliphatic carbocycles. The van der Waals surface area contributed by atoms with Crippen molar-refractivity contribution in [3.63, 3.8) is 0 Å². The van der Waals surface area contributed by atoms with E-state index >= 15 is 0 Å². The second kappa shape index (κ2) is 9.88.